The Morgan fingerprint density at radius 2 is 1.78 bits per heavy atom. The number of aromatic nitrogens is 2. The first-order valence-corrected chi connectivity index (χ1v) is 11.8. The summed E-state index contributed by atoms with van der Waals surface area (Å²) in [6.45, 7) is 5.00. The molecule has 0 spiro atoms. The number of alkyl halides is 3. The third-order valence-corrected chi connectivity index (χ3v) is 6.19. The molecule has 2 fully saturated rings. The van der Waals surface area contributed by atoms with Crippen molar-refractivity contribution in [3.8, 4) is 11.5 Å². The van der Waals surface area contributed by atoms with Crippen molar-refractivity contribution in [1.82, 2.24) is 15.1 Å². The van der Waals surface area contributed by atoms with Gasteiger partial charge in [0.1, 0.15) is 0 Å². The van der Waals surface area contributed by atoms with Gasteiger partial charge in [-0.05, 0) is 62.9 Å². The molecule has 1 saturated carbocycles. The molecule has 1 saturated heterocycles. The van der Waals surface area contributed by atoms with Crippen LogP contribution in [0.15, 0.2) is 28.7 Å². The first-order valence-electron chi connectivity index (χ1n) is 11.8. The average molecular weight is 512 g/mol. The number of hydrogen-bond acceptors (Lipinski definition) is 9. The van der Waals surface area contributed by atoms with Crippen molar-refractivity contribution in [3.05, 3.63) is 24.3 Å². The second-order valence-electron chi connectivity index (χ2n) is 8.77. The molecule has 1 aromatic carbocycles. The predicted molar refractivity (Wildman–Crippen MR) is 122 cm³/mol. The molecule has 2 aromatic rings. The molecule has 2 N–H and O–H groups in total. The average Bonchev–Trinajstić information content (AvgIpc) is 3.53. The number of esters is 1. The molecule has 4 rings (SSSR count). The van der Waals surface area contributed by atoms with Crippen molar-refractivity contribution < 1.29 is 36.7 Å². The summed E-state index contributed by atoms with van der Waals surface area (Å²) in [5.74, 6) is -2.88. The number of hydrogen-bond donors (Lipinski definition) is 2. The van der Waals surface area contributed by atoms with Crippen molar-refractivity contribution in [2.45, 2.75) is 43.9 Å². The summed E-state index contributed by atoms with van der Waals surface area (Å²) < 4.78 is 53.7. The van der Waals surface area contributed by atoms with Crippen LogP contribution in [0.2, 0.25) is 0 Å². The number of halogens is 3. The second kappa shape index (κ2) is 11.2. The fourth-order valence-corrected chi connectivity index (χ4v) is 4.23. The zero-order valence-corrected chi connectivity index (χ0v) is 19.6. The van der Waals surface area contributed by atoms with Gasteiger partial charge in [-0.15, -0.1) is 5.10 Å². The van der Waals surface area contributed by atoms with Crippen molar-refractivity contribution >= 4 is 23.6 Å². The zero-order chi connectivity index (χ0) is 25.6. The summed E-state index contributed by atoms with van der Waals surface area (Å²) in [5.41, 5.74) is -0.903. The molecule has 0 bridgehead atoms. The van der Waals surface area contributed by atoms with E-state index < -0.39 is 23.7 Å². The van der Waals surface area contributed by atoms with Crippen LogP contribution in [0.4, 0.5) is 24.9 Å². The number of anilines is 2. The summed E-state index contributed by atoms with van der Waals surface area (Å²) >= 11 is 0. The molecule has 2 aliphatic rings. The lowest BCUT2D eigenvalue weighted by Crippen LogP contribution is -2.47. The minimum atomic E-state index is -5.17. The van der Waals surface area contributed by atoms with Gasteiger partial charge in [0.2, 0.25) is 5.89 Å². The minimum absolute atomic E-state index is 0.0307. The van der Waals surface area contributed by atoms with Crippen molar-refractivity contribution in [2.75, 3.05) is 50.0 Å². The lowest BCUT2D eigenvalue weighted by molar-refractivity contribution is -0.213. The molecular weight excluding hydrogens is 483 g/mol. The Morgan fingerprint density at radius 3 is 2.44 bits per heavy atom. The Labute approximate surface area is 205 Å². The summed E-state index contributed by atoms with van der Waals surface area (Å²) in [6, 6.07) is 6.67. The maximum Gasteiger partial charge on any atom is 0.490 e. The fraction of sp³-hybridized carbons (Fsp3) is 0.565. The minimum Gasteiger partial charge on any atom is -0.442 e. The second-order valence-corrected chi connectivity index (χ2v) is 8.77. The van der Waals surface area contributed by atoms with E-state index in [4.69, 9.17) is 9.15 Å². The van der Waals surface area contributed by atoms with E-state index in [1.54, 1.807) is 24.3 Å². The lowest BCUT2D eigenvalue weighted by atomic mass is 10.0. The quantitative estimate of drug-likeness (QED) is 0.386. The standard InChI is InChI=1S/C23H28F3N5O5/c24-23(25,26)20(33)36-22(8-1-2-9-22)19(32)28-17-6-4-16(5-7-17)18-29-30-21(35-18)27-10-3-11-31-12-14-34-15-13-31/h4-7H,1-3,8-15H2,(H,27,30)(H,28,32). The van der Waals surface area contributed by atoms with E-state index in [1.807, 2.05) is 0 Å². The number of amides is 1. The number of ether oxygens (including phenoxy) is 2. The van der Waals surface area contributed by atoms with E-state index in [9.17, 15) is 22.8 Å². The zero-order valence-electron chi connectivity index (χ0n) is 19.6. The van der Waals surface area contributed by atoms with Gasteiger partial charge in [-0.1, -0.05) is 5.10 Å². The largest absolute Gasteiger partial charge is 0.490 e. The van der Waals surface area contributed by atoms with Crippen LogP contribution >= 0.6 is 0 Å². The summed E-state index contributed by atoms with van der Waals surface area (Å²) in [7, 11) is 0. The maximum atomic E-state index is 12.8. The van der Waals surface area contributed by atoms with Crippen LogP contribution in [0, 0.1) is 0 Å². The number of nitrogens with zero attached hydrogens (tertiary/aromatic N) is 3. The van der Waals surface area contributed by atoms with Crippen LogP contribution in [0.3, 0.4) is 0 Å². The molecule has 1 aliphatic heterocycles. The van der Waals surface area contributed by atoms with Gasteiger partial charge < -0.3 is 24.5 Å². The Hall–Kier alpha value is -3.19. The molecule has 1 aromatic heterocycles. The Balaban J connectivity index is 1.30. The molecule has 10 nitrogen and oxygen atoms in total. The summed E-state index contributed by atoms with van der Waals surface area (Å²) in [5, 5.41) is 13.7. The van der Waals surface area contributed by atoms with E-state index in [0.717, 1.165) is 39.3 Å². The number of carbonyl (C=O) groups is 2. The van der Waals surface area contributed by atoms with Gasteiger partial charge in [0.05, 0.1) is 13.2 Å². The number of morpholine rings is 1. The van der Waals surface area contributed by atoms with Crippen LogP contribution in [0.5, 0.6) is 0 Å². The highest BCUT2D eigenvalue weighted by atomic mass is 19.4. The van der Waals surface area contributed by atoms with E-state index in [1.165, 1.54) is 0 Å². The fourth-order valence-electron chi connectivity index (χ4n) is 4.23. The highest BCUT2D eigenvalue weighted by Crippen LogP contribution is 2.36. The molecule has 0 unspecified atom stereocenters. The molecule has 1 aliphatic carbocycles. The number of nitrogens with one attached hydrogen (secondary N) is 2. The third-order valence-electron chi connectivity index (χ3n) is 6.19. The topological polar surface area (TPSA) is 119 Å². The lowest BCUT2D eigenvalue weighted by Gasteiger charge is -2.28. The monoisotopic (exact) mass is 511 g/mol. The molecule has 1 amide bonds. The smallest absolute Gasteiger partial charge is 0.442 e. The SMILES string of the molecule is O=C(OC1(C(=O)Nc2ccc(-c3nnc(NCCCN4CCOCC4)o3)cc2)CCCC1)C(F)(F)F. The van der Waals surface area contributed by atoms with Gasteiger partial charge in [0.15, 0.2) is 5.60 Å². The van der Waals surface area contributed by atoms with Gasteiger partial charge in [-0.2, -0.15) is 13.2 Å². The molecule has 0 radical (unpaired) electrons. The predicted octanol–water partition coefficient (Wildman–Crippen LogP) is 3.23. The molecule has 2 heterocycles. The van der Waals surface area contributed by atoms with E-state index in [0.29, 0.717) is 36.7 Å². The van der Waals surface area contributed by atoms with Crippen LogP contribution < -0.4 is 10.6 Å². The first kappa shape index (κ1) is 25.9. The molecule has 0 atom stereocenters. The Kier molecular flexibility index (Phi) is 8.09. The van der Waals surface area contributed by atoms with Crippen LogP contribution in [-0.2, 0) is 19.1 Å². The molecule has 196 valence electrons. The van der Waals surface area contributed by atoms with Gasteiger partial charge in [0, 0.05) is 30.9 Å². The summed E-state index contributed by atoms with van der Waals surface area (Å²) in [4.78, 5) is 26.5. The normalized spacial score (nSPS) is 18.1. The van der Waals surface area contributed by atoms with Crippen LogP contribution in [-0.4, -0.2) is 78.1 Å². The van der Waals surface area contributed by atoms with Crippen LogP contribution in [0.25, 0.3) is 11.5 Å². The van der Waals surface area contributed by atoms with Crippen molar-refractivity contribution in [3.63, 3.8) is 0 Å². The first-order chi connectivity index (χ1) is 17.2. The third kappa shape index (κ3) is 6.52. The Morgan fingerprint density at radius 1 is 1.08 bits per heavy atom. The molecule has 13 heteroatoms. The Bertz CT molecular complexity index is 1030. The number of carbonyl (C=O) groups excluding carboxylic acids is 2. The van der Waals surface area contributed by atoms with E-state index in [-0.39, 0.29) is 18.7 Å². The maximum absolute atomic E-state index is 12.8. The van der Waals surface area contributed by atoms with Gasteiger partial charge in [-0.25, -0.2) is 4.79 Å². The van der Waals surface area contributed by atoms with Crippen molar-refractivity contribution in [2.24, 2.45) is 0 Å². The highest BCUT2D eigenvalue weighted by Gasteiger charge is 2.51. The van der Waals surface area contributed by atoms with Gasteiger partial charge in [0.25, 0.3) is 5.91 Å². The highest BCUT2D eigenvalue weighted by molar-refractivity contribution is 5.99. The number of benzene rings is 1. The number of rotatable bonds is 9. The van der Waals surface area contributed by atoms with E-state index in [2.05, 4.69) is 30.5 Å². The van der Waals surface area contributed by atoms with Gasteiger partial charge >= 0.3 is 18.2 Å². The van der Waals surface area contributed by atoms with Crippen molar-refractivity contribution in [1.29, 1.82) is 0 Å². The van der Waals surface area contributed by atoms with Gasteiger partial charge in [-0.3, -0.25) is 9.69 Å². The summed E-state index contributed by atoms with van der Waals surface area (Å²) in [6.07, 6.45) is -3.23. The molecule has 36 heavy (non-hydrogen) atoms. The molecular formula is C23H28F3N5O5. The van der Waals surface area contributed by atoms with E-state index >= 15 is 0 Å². The van der Waals surface area contributed by atoms with Crippen LogP contribution in [0.1, 0.15) is 32.1 Å².